The van der Waals surface area contributed by atoms with E-state index in [1.165, 1.54) is 0 Å². The van der Waals surface area contributed by atoms with Crippen molar-refractivity contribution in [3.05, 3.63) is 121 Å². The standard InChI is InChI=1S/C32H25N11O/c33-28-23(5-1-13-34-28)30-38-26-11-12-27(41-17-3-15-36-41)40-31(26)43(30)21-8-9-22-20(19-21)7-10-25(22)39-32(44)24-6-2-14-35-29(24)42-18-4-16-37-42/h1-6,8-9,11-19,25H,7,10H2,(H2,33,34)(H,39,44)/t25-/m0/s1. The van der Waals surface area contributed by atoms with Gasteiger partial charge < -0.3 is 11.1 Å². The first-order valence-corrected chi connectivity index (χ1v) is 14.1. The molecule has 1 aromatic carbocycles. The number of benzene rings is 1. The lowest BCUT2D eigenvalue weighted by Gasteiger charge is -2.17. The summed E-state index contributed by atoms with van der Waals surface area (Å²) < 4.78 is 5.32. The number of nitrogens with zero attached hydrogens (tertiary/aromatic N) is 9. The highest BCUT2D eigenvalue weighted by atomic mass is 16.1. The number of carbonyl (C=O) groups excluding carboxylic acids is 1. The minimum atomic E-state index is -0.198. The van der Waals surface area contributed by atoms with E-state index in [4.69, 9.17) is 15.7 Å². The van der Waals surface area contributed by atoms with Gasteiger partial charge in [-0.25, -0.2) is 29.3 Å². The molecule has 0 radical (unpaired) electrons. The summed E-state index contributed by atoms with van der Waals surface area (Å²) in [5.41, 5.74) is 12.0. The van der Waals surface area contributed by atoms with Crippen molar-refractivity contribution < 1.29 is 4.79 Å². The molecule has 44 heavy (non-hydrogen) atoms. The first-order chi connectivity index (χ1) is 21.6. The Hall–Kier alpha value is -6.17. The van der Waals surface area contributed by atoms with Gasteiger partial charge in [0, 0.05) is 42.9 Å². The molecule has 1 aliphatic carbocycles. The van der Waals surface area contributed by atoms with Crippen molar-refractivity contribution in [1.29, 1.82) is 0 Å². The topological polar surface area (TPSA) is 147 Å². The summed E-state index contributed by atoms with van der Waals surface area (Å²) >= 11 is 0. The molecule has 8 rings (SSSR count). The number of aryl methyl sites for hydroxylation is 1. The highest BCUT2D eigenvalue weighted by Gasteiger charge is 2.27. The van der Waals surface area contributed by atoms with E-state index in [9.17, 15) is 4.79 Å². The van der Waals surface area contributed by atoms with Crippen LogP contribution in [0.25, 0.3) is 39.9 Å². The quantitative estimate of drug-likeness (QED) is 0.297. The number of amides is 1. The number of imidazole rings is 1. The number of hydrogen-bond acceptors (Lipinski definition) is 8. The molecule has 0 fully saturated rings. The van der Waals surface area contributed by atoms with Crippen molar-refractivity contribution in [3.8, 4) is 28.7 Å². The van der Waals surface area contributed by atoms with Gasteiger partial charge in [-0.15, -0.1) is 0 Å². The van der Waals surface area contributed by atoms with Crippen molar-refractivity contribution in [1.82, 2.24) is 49.4 Å². The first-order valence-electron chi connectivity index (χ1n) is 14.1. The van der Waals surface area contributed by atoms with Crippen LogP contribution < -0.4 is 11.1 Å². The summed E-state index contributed by atoms with van der Waals surface area (Å²) in [4.78, 5) is 32.0. The van der Waals surface area contributed by atoms with Crippen LogP contribution in [-0.4, -0.2) is 50.0 Å². The summed E-state index contributed by atoms with van der Waals surface area (Å²) in [6, 6.07) is 20.8. The van der Waals surface area contributed by atoms with Crippen LogP contribution in [0.5, 0.6) is 0 Å². The zero-order valence-electron chi connectivity index (χ0n) is 23.3. The molecule has 0 saturated heterocycles. The number of aromatic nitrogens is 9. The number of hydrogen-bond donors (Lipinski definition) is 2. The lowest BCUT2D eigenvalue weighted by molar-refractivity contribution is 0.0936. The van der Waals surface area contributed by atoms with E-state index in [0.717, 1.165) is 29.7 Å². The lowest BCUT2D eigenvalue weighted by atomic mass is 10.1. The van der Waals surface area contributed by atoms with E-state index in [0.29, 0.717) is 45.6 Å². The number of carbonyl (C=O) groups is 1. The maximum atomic E-state index is 13.5. The van der Waals surface area contributed by atoms with Crippen LogP contribution in [0.2, 0.25) is 0 Å². The average molecular weight is 580 g/mol. The molecular formula is C32H25N11O. The largest absolute Gasteiger partial charge is 0.383 e. The zero-order valence-corrected chi connectivity index (χ0v) is 23.3. The molecular weight excluding hydrogens is 554 g/mol. The second-order valence-electron chi connectivity index (χ2n) is 10.4. The number of nitrogens with one attached hydrogen (secondary N) is 1. The van der Waals surface area contributed by atoms with Gasteiger partial charge in [-0.2, -0.15) is 10.2 Å². The molecule has 214 valence electrons. The molecule has 6 aromatic heterocycles. The molecule has 1 amide bonds. The van der Waals surface area contributed by atoms with Crippen LogP contribution in [-0.2, 0) is 6.42 Å². The van der Waals surface area contributed by atoms with Crippen molar-refractivity contribution in [3.63, 3.8) is 0 Å². The fourth-order valence-corrected chi connectivity index (χ4v) is 5.79. The van der Waals surface area contributed by atoms with E-state index in [1.54, 1.807) is 58.5 Å². The Bertz CT molecular complexity index is 2150. The number of nitrogens with two attached hydrogens (primary N) is 1. The van der Waals surface area contributed by atoms with E-state index in [2.05, 4.69) is 37.6 Å². The molecule has 12 nitrogen and oxygen atoms in total. The Morgan fingerprint density at radius 2 is 1.68 bits per heavy atom. The molecule has 1 atom stereocenters. The Labute approximate surface area is 250 Å². The van der Waals surface area contributed by atoms with E-state index in [1.807, 2.05) is 47.2 Å². The van der Waals surface area contributed by atoms with Crippen LogP contribution in [0, 0.1) is 0 Å². The maximum absolute atomic E-state index is 13.5. The Balaban J connectivity index is 1.18. The van der Waals surface area contributed by atoms with Crippen LogP contribution in [0.1, 0.15) is 33.9 Å². The minimum Gasteiger partial charge on any atom is -0.383 e. The molecule has 0 unspecified atom stereocenters. The van der Waals surface area contributed by atoms with Gasteiger partial charge in [-0.05, 0) is 84.6 Å². The summed E-state index contributed by atoms with van der Waals surface area (Å²) in [5, 5.41) is 11.8. The second kappa shape index (κ2) is 10.3. The van der Waals surface area contributed by atoms with Crippen molar-refractivity contribution in [2.75, 3.05) is 5.73 Å². The second-order valence-corrected chi connectivity index (χ2v) is 10.4. The summed E-state index contributed by atoms with van der Waals surface area (Å²) in [5.74, 6) is 1.98. The third kappa shape index (κ3) is 4.28. The first kappa shape index (κ1) is 25.5. The van der Waals surface area contributed by atoms with Crippen LogP contribution >= 0.6 is 0 Å². The molecule has 0 spiro atoms. The molecule has 6 heterocycles. The number of anilines is 1. The fourth-order valence-electron chi connectivity index (χ4n) is 5.79. The van der Waals surface area contributed by atoms with Crippen molar-refractivity contribution in [2.45, 2.75) is 18.9 Å². The van der Waals surface area contributed by atoms with Gasteiger partial charge in [0.05, 0.1) is 17.2 Å². The highest BCUT2D eigenvalue weighted by Crippen LogP contribution is 2.36. The Morgan fingerprint density at radius 1 is 0.864 bits per heavy atom. The number of rotatable bonds is 6. The summed E-state index contributed by atoms with van der Waals surface area (Å²) in [6.45, 7) is 0. The van der Waals surface area contributed by atoms with Crippen molar-refractivity contribution >= 4 is 22.9 Å². The van der Waals surface area contributed by atoms with Gasteiger partial charge >= 0.3 is 0 Å². The van der Waals surface area contributed by atoms with Gasteiger partial charge in [-0.1, -0.05) is 6.07 Å². The number of nitrogen functional groups attached to an aromatic ring is 1. The zero-order chi connectivity index (χ0) is 29.6. The van der Waals surface area contributed by atoms with Gasteiger partial charge in [0.25, 0.3) is 5.91 Å². The predicted octanol–water partition coefficient (Wildman–Crippen LogP) is 4.25. The molecule has 0 saturated carbocycles. The van der Waals surface area contributed by atoms with Gasteiger partial charge in [0.1, 0.15) is 11.3 Å². The third-order valence-electron chi connectivity index (χ3n) is 7.83. The average Bonchev–Trinajstić information content (AvgIpc) is 3.88. The molecule has 1 aliphatic rings. The lowest BCUT2D eigenvalue weighted by Crippen LogP contribution is -2.28. The van der Waals surface area contributed by atoms with Crippen molar-refractivity contribution in [2.24, 2.45) is 0 Å². The van der Waals surface area contributed by atoms with E-state index < -0.39 is 0 Å². The van der Waals surface area contributed by atoms with Gasteiger partial charge in [0.15, 0.2) is 23.1 Å². The van der Waals surface area contributed by atoms with Crippen LogP contribution in [0.4, 0.5) is 5.82 Å². The monoisotopic (exact) mass is 579 g/mol. The summed E-state index contributed by atoms with van der Waals surface area (Å²) in [7, 11) is 0. The van der Waals surface area contributed by atoms with Gasteiger partial charge in [0.2, 0.25) is 0 Å². The number of pyridine rings is 3. The minimum absolute atomic E-state index is 0.144. The van der Waals surface area contributed by atoms with Gasteiger partial charge in [-0.3, -0.25) is 9.36 Å². The molecule has 3 N–H and O–H groups in total. The normalized spacial score (nSPS) is 14.1. The Kier molecular flexibility index (Phi) is 5.96. The molecule has 0 bridgehead atoms. The van der Waals surface area contributed by atoms with Crippen LogP contribution in [0.15, 0.2) is 104 Å². The molecule has 12 heteroatoms. The highest BCUT2D eigenvalue weighted by molar-refractivity contribution is 5.97. The SMILES string of the molecule is Nc1ncccc1-c1nc2ccc(-n3cccn3)nc2n1-c1ccc2c(c1)CC[C@@H]2NC(=O)c1cccnc1-n1cccn1. The third-order valence-corrected chi connectivity index (χ3v) is 7.83. The summed E-state index contributed by atoms with van der Waals surface area (Å²) in [6.07, 6.45) is 11.9. The van der Waals surface area contributed by atoms with Crippen LogP contribution in [0.3, 0.4) is 0 Å². The molecule has 7 aromatic rings. The smallest absolute Gasteiger partial charge is 0.255 e. The molecule has 0 aliphatic heterocycles. The van der Waals surface area contributed by atoms with E-state index >= 15 is 0 Å². The predicted molar refractivity (Wildman–Crippen MR) is 164 cm³/mol. The van der Waals surface area contributed by atoms with E-state index in [-0.39, 0.29) is 11.9 Å². The Morgan fingerprint density at radius 3 is 2.50 bits per heavy atom. The maximum Gasteiger partial charge on any atom is 0.255 e. The fraction of sp³-hybridized carbons (Fsp3) is 0.0938. The number of fused-ring (bicyclic) bond motifs is 2.